The first-order valence-corrected chi connectivity index (χ1v) is 10.7. The van der Waals surface area contributed by atoms with E-state index < -0.39 is 12.0 Å². The zero-order valence-electron chi connectivity index (χ0n) is 16.8. The molecule has 2 heterocycles. The Kier molecular flexibility index (Phi) is 7.14. The van der Waals surface area contributed by atoms with Gasteiger partial charge in [0.1, 0.15) is 16.8 Å². The van der Waals surface area contributed by atoms with E-state index in [0.29, 0.717) is 33.3 Å². The zero-order chi connectivity index (χ0) is 21.7. The summed E-state index contributed by atoms with van der Waals surface area (Å²) in [6.07, 6.45) is 1.59. The highest BCUT2D eigenvalue weighted by Gasteiger charge is 2.44. The zero-order valence-corrected chi connectivity index (χ0v) is 18.4. The van der Waals surface area contributed by atoms with Crippen LogP contribution in [0.25, 0.3) is 4.85 Å². The van der Waals surface area contributed by atoms with Crippen molar-refractivity contribution in [2.24, 2.45) is 4.99 Å². The average molecular weight is 441 g/mol. The SMILES string of the molecule is [C-]#[N+]C1C(SCC)=NC(C)=C(C(=O)Nc2ccccc2OC)C1c1cccnc1Cl. The Labute approximate surface area is 185 Å². The minimum atomic E-state index is -0.654. The molecule has 1 N–H and O–H groups in total. The predicted octanol–water partition coefficient (Wildman–Crippen LogP) is 5.19. The summed E-state index contributed by atoms with van der Waals surface area (Å²) < 4.78 is 5.34. The lowest BCUT2D eigenvalue weighted by Gasteiger charge is -2.27. The van der Waals surface area contributed by atoms with Gasteiger partial charge in [-0.3, -0.25) is 4.79 Å². The maximum Gasteiger partial charge on any atom is 0.282 e. The smallest absolute Gasteiger partial charge is 0.282 e. The van der Waals surface area contributed by atoms with Crippen LogP contribution < -0.4 is 10.1 Å². The van der Waals surface area contributed by atoms with Gasteiger partial charge in [0, 0.05) is 17.5 Å². The Balaban J connectivity index is 2.12. The summed E-state index contributed by atoms with van der Waals surface area (Å²) in [5.74, 6) is 0.391. The van der Waals surface area contributed by atoms with E-state index in [2.05, 4.69) is 20.1 Å². The van der Waals surface area contributed by atoms with Crippen LogP contribution in [-0.4, -0.2) is 34.8 Å². The summed E-state index contributed by atoms with van der Waals surface area (Å²) in [7, 11) is 1.54. The monoisotopic (exact) mass is 440 g/mol. The number of carbonyl (C=O) groups is 1. The number of anilines is 1. The third-order valence-corrected chi connectivity index (χ3v) is 5.93. The van der Waals surface area contributed by atoms with Crippen molar-refractivity contribution < 1.29 is 9.53 Å². The van der Waals surface area contributed by atoms with E-state index in [4.69, 9.17) is 22.9 Å². The first-order chi connectivity index (χ1) is 14.5. The first kappa shape index (κ1) is 21.9. The molecule has 6 nitrogen and oxygen atoms in total. The van der Waals surface area contributed by atoms with Gasteiger partial charge in [-0.2, -0.15) is 0 Å². The summed E-state index contributed by atoms with van der Waals surface area (Å²) in [6, 6.07) is 10.1. The number of ether oxygens (including phenoxy) is 1. The fourth-order valence-electron chi connectivity index (χ4n) is 3.41. The van der Waals surface area contributed by atoms with E-state index in [1.165, 1.54) is 11.8 Å². The normalized spacial score (nSPS) is 18.4. The molecule has 1 amide bonds. The van der Waals surface area contributed by atoms with Crippen molar-refractivity contribution in [3.05, 3.63) is 76.0 Å². The quantitative estimate of drug-likeness (QED) is 0.513. The number of benzene rings is 1. The van der Waals surface area contributed by atoms with Crippen LogP contribution in [0.3, 0.4) is 0 Å². The van der Waals surface area contributed by atoms with Gasteiger partial charge in [-0.1, -0.05) is 36.7 Å². The second kappa shape index (κ2) is 9.79. The second-order valence-electron chi connectivity index (χ2n) is 6.47. The van der Waals surface area contributed by atoms with Crippen LogP contribution in [0, 0.1) is 6.57 Å². The van der Waals surface area contributed by atoms with Crippen LogP contribution in [0.4, 0.5) is 5.69 Å². The maximum atomic E-state index is 13.4. The summed E-state index contributed by atoms with van der Waals surface area (Å²) in [5.41, 5.74) is 2.13. The van der Waals surface area contributed by atoms with Crippen molar-refractivity contribution in [3.8, 4) is 5.75 Å². The number of hydrogen-bond donors (Lipinski definition) is 1. The Morgan fingerprint density at radius 2 is 2.10 bits per heavy atom. The molecule has 1 aromatic carbocycles. The number of thioether (sulfide) groups is 1. The molecule has 3 rings (SSSR count). The number of rotatable bonds is 5. The summed E-state index contributed by atoms with van der Waals surface area (Å²) >= 11 is 7.90. The number of nitrogens with one attached hydrogen (secondary N) is 1. The van der Waals surface area contributed by atoms with Crippen molar-refractivity contribution >= 4 is 40.0 Å². The predicted molar refractivity (Wildman–Crippen MR) is 122 cm³/mol. The number of pyridine rings is 1. The van der Waals surface area contributed by atoms with E-state index >= 15 is 0 Å². The van der Waals surface area contributed by atoms with Crippen molar-refractivity contribution in [2.75, 3.05) is 18.2 Å². The highest BCUT2D eigenvalue weighted by atomic mass is 35.5. The van der Waals surface area contributed by atoms with Gasteiger partial charge in [-0.05, 0) is 30.9 Å². The largest absolute Gasteiger partial charge is 0.495 e. The maximum absolute atomic E-state index is 13.4. The van der Waals surface area contributed by atoms with E-state index in [1.54, 1.807) is 44.5 Å². The third kappa shape index (κ3) is 4.35. The Morgan fingerprint density at radius 3 is 2.77 bits per heavy atom. The van der Waals surface area contributed by atoms with Crippen molar-refractivity contribution in [3.63, 3.8) is 0 Å². The van der Waals surface area contributed by atoms with Crippen LogP contribution in [0.1, 0.15) is 25.3 Å². The van der Waals surface area contributed by atoms with E-state index in [9.17, 15) is 4.79 Å². The minimum Gasteiger partial charge on any atom is -0.495 e. The van der Waals surface area contributed by atoms with E-state index in [-0.39, 0.29) is 11.1 Å². The van der Waals surface area contributed by atoms with Gasteiger partial charge >= 0.3 is 0 Å². The standard InChI is InChI=1S/C22H21ClN4O2S/c1-5-30-22-19(24-3)18(14-9-8-12-25-20(14)23)17(13(2)26-22)21(28)27-15-10-6-7-11-16(15)29-4/h6-12,18-19H,5H2,1-2,4H3,(H,27,28). The molecule has 30 heavy (non-hydrogen) atoms. The Hall–Kier alpha value is -2.82. The van der Waals surface area contributed by atoms with Crippen LogP contribution in [0.15, 0.2) is 58.9 Å². The molecule has 2 atom stereocenters. The van der Waals surface area contributed by atoms with E-state index in [1.807, 2.05) is 19.1 Å². The number of amides is 1. The summed E-state index contributed by atoms with van der Waals surface area (Å²) in [5, 5.41) is 3.86. The van der Waals surface area contributed by atoms with Crippen LogP contribution in [0.2, 0.25) is 5.15 Å². The second-order valence-corrected chi connectivity index (χ2v) is 8.11. The molecule has 0 saturated carbocycles. The van der Waals surface area contributed by atoms with Gasteiger partial charge in [-0.25, -0.2) is 16.5 Å². The molecular formula is C22H21ClN4O2S. The number of halogens is 1. The average Bonchev–Trinajstić information content (AvgIpc) is 2.74. The fraction of sp³-hybridized carbons (Fsp3) is 0.273. The number of hydrogen-bond acceptors (Lipinski definition) is 5. The molecule has 0 aliphatic carbocycles. The number of allylic oxidation sites excluding steroid dienone is 1. The molecule has 0 saturated heterocycles. The highest BCUT2D eigenvalue weighted by Crippen LogP contribution is 2.41. The molecule has 1 aromatic heterocycles. The third-order valence-electron chi connectivity index (χ3n) is 4.70. The highest BCUT2D eigenvalue weighted by molar-refractivity contribution is 8.14. The molecule has 1 aliphatic heterocycles. The molecule has 8 heteroatoms. The number of para-hydroxylation sites is 2. The van der Waals surface area contributed by atoms with Crippen LogP contribution in [0.5, 0.6) is 5.75 Å². The Bertz CT molecular complexity index is 1060. The molecule has 2 unspecified atom stereocenters. The minimum absolute atomic E-state index is 0.272. The molecule has 2 aromatic rings. The van der Waals surface area contributed by atoms with Gasteiger partial charge in [0.25, 0.3) is 11.9 Å². The van der Waals surface area contributed by atoms with Gasteiger partial charge < -0.3 is 14.9 Å². The topological polar surface area (TPSA) is 67.9 Å². The Morgan fingerprint density at radius 1 is 1.33 bits per heavy atom. The number of aromatic nitrogens is 1. The van der Waals surface area contributed by atoms with Crippen molar-refractivity contribution in [2.45, 2.75) is 25.8 Å². The molecule has 0 fully saturated rings. The fourth-order valence-corrected chi connectivity index (χ4v) is 4.51. The molecule has 0 bridgehead atoms. The molecule has 154 valence electrons. The van der Waals surface area contributed by atoms with Gasteiger partial charge in [0.15, 0.2) is 5.04 Å². The number of aliphatic imine (C=N–C) groups is 1. The van der Waals surface area contributed by atoms with Gasteiger partial charge in [-0.15, -0.1) is 11.8 Å². The van der Waals surface area contributed by atoms with Gasteiger partial charge in [0.2, 0.25) is 0 Å². The van der Waals surface area contributed by atoms with Crippen LogP contribution in [-0.2, 0) is 4.79 Å². The lowest BCUT2D eigenvalue weighted by Crippen LogP contribution is -2.34. The number of carbonyl (C=O) groups excluding carboxylic acids is 1. The summed E-state index contributed by atoms with van der Waals surface area (Å²) in [4.78, 5) is 26.0. The lowest BCUT2D eigenvalue weighted by molar-refractivity contribution is -0.113. The van der Waals surface area contributed by atoms with Crippen molar-refractivity contribution in [1.82, 2.24) is 4.98 Å². The number of methoxy groups -OCH3 is 1. The molecular weight excluding hydrogens is 420 g/mol. The molecule has 0 radical (unpaired) electrons. The molecule has 1 aliphatic rings. The van der Waals surface area contributed by atoms with E-state index in [0.717, 1.165) is 5.75 Å². The van der Waals surface area contributed by atoms with Crippen molar-refractivity contribution in [1.29, 1.82) is 0 Å². The van der Waals surface area contributed by atoms with Crippen LogP contribution >= 0.6 is 23.4 Å². The lowest BCUT2D eigenvalue weighted by atomic mass is 9.83. The molecule has 0 spiro atoms. The first-order valence-electron chi connectivity index (χ1n) is 9.35. The number of nitrogens with zero attached hydrogens (tertiary/aromatic N) is 3. The summed E-state index contributed by atoms with van der Waals surface area (Å²) in [6.45, 7) is 11.6. The van der Waals surface area contributed by atoms with Gasteiger partial charge in [0.05, 0.1) is 18.4 Å².